The van der Waals surface area contributed by atoms with Crippen LogP contribution in [0.1, 0.15) is 37.6 Å². The normalized spacial score (nSPS) is 13.8. The highest BCUT2D eigenvalue weighted by molar-refractivity contribution is 6.18. The van der Waals surface area contributed by atoms with E-state index in [1.807, 2.05) is 20.8 Å². The molecular formula is C14H20ClNO2. The lowest BCUT2D eigenvalue weighted by atomic mass is 10.0. The van der Waals surface area contributed by atoms with Crippen molar-refractivity contribution in [2.24, 2.45) is 0 Å². The van der Waals surface area contributed by atoms with E-state index in [2.05, 4.69) is 5.32 Å². The van der Waals surface area contributed by atoms with E-state index in [0.29, 0.717) is 18.1 Å². The summed E-state index contributed by atoms with van der Waals surface area (Å²) >= 11 is 5.87. The second kappa shape index (κ2) is 6.64. The van der Waals surface area contributed by atoms with Crippen LogP contribution >= 0.6 is 11.6 Å². The maximum atomic E-state index is 12.0. The third-order valence-corrected chi connectivity index (χ3v) is 3.51. The molecule has 1 aromatic rings. The second-order valence-electron chi connectivity index (χ2n) is 4.46. The molecule has 100 valence electrons. The average molecular weight is 270 g/mol. The number of carbonyl (C=O) groups excluding carboxylic acids is 1. The first-order valence-electron chi connectivity index (χ1n) is 6.16. The molecule has 0 aliphatic carbocycles. The van der Waals surface area contributed by atoms with Crippen LogP contribution in [-0.2, 0) is 0 Å². The molecule has 0 aromatic heterocycles. The highest BCUT2D eigenvalue weighted by Gasteiger charge is 2.23. The Morgan fingerprint density at radius 3 is 2.39 bits per heavy atom. The van der Waals surface area contributed by atoms with Crippen LogP contribution in [0.2, 0.25) is 0 Å². The van der Waals surface area contributed by atoms with Crippen molar-refractivity contribution in [2.45, 2.75) is 32.7 Å². The van der Waals surface area contributed by atoms with Crippen LogP contribution in [0.3, 0.4) is 0 Å². The van der Waals surface area contributed by atoms with Gasteiger partial charge in [-0.2, -0.15) is 0 Å². The number of amides is 1. The summed E-state index contributed by atoms with van der Waals surface area (Å²) in [7, 11) is 0. The van der Waals surface area contributed by atoms with Crippen LogP contribution in [0.25, 0.3) is 0 Å². The van der Waals surface area contributed by atoms with Gasteiger partial charge in [0, 0.05) is 11.4 Å². The van der Waals surface area contributed by atoms with Crippen molar-refractivity contribution in [1.82, 2.24) is 5.32 Å². The monoisotopic (exact) mass is 269 g/mol. The Labute approximate surface area is 113 Å². The molecule has 0 aliphatic heterocycles. The number of nitrogens with one attached hydrogen (secondary N) is 1. The van der Waals surface area contributed by atoms with Gasteiger partial charge in [0.05, 0.1) is 12.1 Å². The topological polar surface area (TPSA) is 38.3 Å². The summed E-state index contributed by atoms with van der Waals surface area (Å²) in [5.41, 5.74) is 0.250. The van der Waals surface area contributed by atoms with Crippen LogP contribution in [0.4, 0.5) is 0 Å². The Morgan fingerprint density at radius 2 is 1.94 bits per heavy atom. The number of ether oxygens (including phenoxy) is 1. The average Bonchev–Trinajstić information content (AvgIpc) is 2.39. The zero-order valence-electron chi connectivity index (χ0n) is 11.1. The van der Waals surface area contributed by atoms with Gasteiger partial charge in [-0.05, 0) is 44.5 Å². The van der Waals surface area contributed by atoms with Crippen LogP contribution in [-0.4, -0.2) is 23.9 Å². The molecule has 0 saturated heterocycles. The van der Waals surface area contributed by atoms with Gasteiger partial charge in [-0.25, -0.2) is 0 Å². The van der Waals surface area contributed by atoms with Gasteiger partial charge in [-0.1, -0.05) is 6.92 Å². The van der Waals surface area contributed by atoms with Gasteiger partial charge in [0.1, 0.15) is 5.75 Å². The molecule has 0 radical (unpaired) electrons. The van der Waals surface area contributed by atoms with Crippen molar-refractivity contribution in [3.8, 4) is 5.75 Å². The highest BCUT2D eigenvalue weighted by atomic mass is 35.5. The largest absolute Gasteiger partial charge is 0.494 e. The van der Waals surface area contributed by atoms with Crippen LogP contribution < -0.4 is 10.1 Å². The summed E-state index contributed by atoms with van der Waals surface area (Å²) in [5, 5.41) is 2.95. The van der Waals surface area contributed by atoms with E-state index in [4.69, 9.17) is 16.3 Å². The number of carbonyl (C=O) groups is 1. The maximum absolute atomic E-state index is 12.0. The summed E-state index contributed by atoms with van der Waals surface area (Å²) in [6, 6.07) is 7.10. The lowest BCUT2D eigenvalue weighted by molar-refractivity contribution is 0.0912. The van der Waals surface area contributed by atoms with Gasteiger partial charge in [-0.3, -0.25) is 4.79 Å². The maximum Gasteiger partial charge on any atom is 0.251 e. The molecule has 1 amide bonds. The van der Waals surface area contributed by atoms with Gasteiger partial charge in [-0.15, -0.1) is 11.6 Å². The van der Waals surface area contributed by atoms with Gasteiger partial charge in [0.25, 0.3) is 5.91 Å². The number of rotatable bonds is 6. The molecule has 4 heteroatoms. The highest BCUT2D eigenvalue weighted by Crippen LogP contribution is 2.15. The minimum Gasteiger partial charge on any atom is -0.494 e. The van der Waals surface area contributed by atoms with E-state index in [1.165, 1.54) is 0 Å². The summed E-state index contributed by atoms with van der Waals surface area (Å²) < 4.78 is 5.33. The van der Waals surface area contributed by atoms with E-state index < -0.39 is 0 Å². The molecule has 18 heavy (non-hydrogen) atoms. The first-order chi connectivity index (χ1) is 8.54. The predicted molar refractivity (Wildman–Crippen MR) is 74.5 cm³/mol. The standard InChI is InChI=1S/C14H20ClNO2/c1-4-14(3,10-15)16-13(17)11-6-8-12(9-7-11)18-5-2/h6-9H,4-5,10H2,1-3H3,(H,16,17). The van der Waals surface area contributed by atoms with E-state index in [0.717, 1.165) is 12.2 Å². The molecule has 0 aliphatic rings. The fourth-order valence-corrected chi connectivity index (χ4v) is 1.69. The molecule has 1 unspecified atom stereocenters. The molecule has 0 spiro atoms. The Balaban J connectivity index is 2.72. The van der Waals surface area contributed by atoms with Crippen molar-refractivity contribution in [1.29, 1.82) is 0 Å². The summed E-state index contributed by atoms with van der Waals surface area (Å²) in [6.07, 6.45) is 0.791. The molecule has 1 atom stereocenters. The minimum absolute atomic E-state index is 0.108. The second-order valence-corrected chi connectivity index (χ2v) is 4.73. The zero-order valence-corrected chi connectivity index (χ0v) is 11.9. The molecular weight excluding hydrogens is 250 g/mol. The van der Waals surface area contributed by atoms with Gasteiger partial charge < -0.3 is 10.1 Å². The zero-order chi connectivity index (χ0) is 13.6. The van der Waals surface area contributed by atoms with E-state index >= 15 is 0 Å². The van der Waals surface area contributed by atoms with Crippen molar-refractivity contribution in [3.63, 3.8) is 0 Å². The van der Waals surface area contributed by atoms with Gasteiger partial charge in [0.15, 0.2) is 0 Å². The summed E-state index contributed by atoms with van der Waals surface area (Å²) in [4.78, 5) is 12.0. The molecule has 1 rings (SSSR count). The van der Waals surface area contributed by atoms with Crippen LogP contribution in [0, 0.1) is 0 Å². The Bertz CT molecular complexity index is 385. The number of halogens is 1. The summed E-state index contributed by atoms with van der Waals surface area (Å²) in [6.45, 7) is 6.48. The molecule has 3 nitrogen and oxygen atoms in total. The number of benzene rings is 1. The Hall–Kier alpha value is -1.22. The lowest BCUT2D eigenvalue weighted by Gasteiger charge is -2.27. The van der Waals surface area contributed by atoms with E-state index in [-0.39, 0.29) is 11.4 Å². The fraction of sp³-hybridized carbons (Fsp3) is 0.500. The smallest absolute Gasteiger partial charge is 0.251 e. The quantitative estimate of drug-likeness (QED) is 0.806. The molecule has 1 aromatic carbocycles. The van der Waals surface area contributed by atoms with Crippen molar-refractivity contribution in [3.05, 3.63) is 29.8 Å². The Kier molecular flexibility index (Phi) is 5.48. The van der Waals surface area contributed by atoms with Crippen molar-refractivity contribution >= 4 is 17.5 Å². The first kappa shape index (κ1) is 14.8. The summed E-state index contributed by atoms with van der Waals surface area (Å²) in [5.74, 6) is 1.06. The Morgan fingerprint density at radius 1 is 1.33 bits per heavy atom. The minimum atomic E-state index is -0.364. The van der Waals surface area contributed by atoms with Gasteiger partial charge >= 0.3 is 0 Å². The SMILES string of the molecule is CCOc1ccc(C(=O)NC(C)(CC)CCl)cc1. The first-order valence-corrected chi connectivity index (χ1v) is 6.69. The molecule has 0 fully saturated rings. The number of alkyl halides is 1. The molecule has 0 saturated carbocycles. The number of hydrogen-bond donors (Lipinski definition) is 1. The van der Waals surface area contributed by atoms with Crippen LogP contribution in [0.5, 0.6) is 5.75 Å². The molecule has 0 bridgehead atoms. The molecule has 0 heterocycles. The predicted octanol–water partition coefficient (Wildman–Crippen LogP) is 3.22. The van der Waals surface area contributed by atoms with Crippen molar-refractivity contribution < 1.29 is 9.53 Å². The lowest BCUT2D eigenvalue weighted by Crippen LogP contribution is -2.47. The van der Waals surface area contributed by atoms with Crippen molar-refractivity contribution in [2.75, 3.05) is 12.5 Å². The third kappa shape index (κ3) is 3.91. The van der Waals surface area contributed by atoms with Crippen LogP contribution in [0.15, 0.2) is 24.3 Å². The fourth-order valence-electron chi connectivity index (χ4n) is 1.43. The third-order valence-electron chi connectivity index (χ3n) is 2.92. The van der Waals surface area contributed by atoms with E-state index in [1.54, 1.807) is 24.3 Å². The number of hydrogen-bond acceptors (Lipinski definition) is 2. The van der Waals surface area contributed by atoms with E-state index in [9.17, 15) is 4.79 Å². The molecule has 1 N–H and O–H groups in total. The van der Waals surface area contributed by atoms with Gasteiger partial charge in [0.2, 0.25) is 0 Å².